The van der Waals surface area contributed by atoms with Crippen LogP contribution in [0.15, 0.2) is 4.99 Å². The third-order valence-corrected chi connectivity index (χ3v) is 7.26. The van der Waals surface area contributed by atoms with E-state index in [0.29, 0.717) is 11.7 Å². The van der Waals surface area contributed by atoms with Crippen molar-refractivity contribution < 1.29 is 9.59 Å². The molecule has 5 nitrogen and oxygen atoms in total. The second-order valence-corrected chi connectivity index (χ2v) is 9.05. The Hall–Kier alpha value is -1.04. The minimum Gasteiger partial charge on any atom is -0.345 e. The minimum absolute atomic E-state index is 0.0762. The highest BCUT2D eigenvalue weighted by molar-refractivity contribution is 8.14. The molecule has 0 aromatic heterocycles. The lowest BCUT2D eigenvalue weighted by atomic mass is 9.48. The van der Waals surface area contributed by atoms with Crippen molar-refractivity contribution in [2.24, 2.45) is 28.2 Å². The van der Waals surface area contributed by atoms with Crippen LogP contribution in [0.1, 0.15) is 45.4 Å². The van der Waals surface area contributed by atoms with E-state index in [2.05, 4.69) is 22.5 Å². The van der Waals surface area contributed by atoms with Crippen molar-refractivity contribution in [1.82, 2.24) is 10.6 Å². The Kier molecular flexibility index (Phi) is 3.90. The molecule has 5 aliphatic rings. The SMILES string of the molecule is CC(NC(=O)C(=O)NC1=NCCS1)C12CC3CC(CC(C3)C1)C2. The predicted octanol–water partition coefficient (Wildman–Crippen LogP) is 1.93. The van der Waals surface area contributed by atoms with Crippen LogP contribution in [0.3, 0.4) is 0 Å². The van der Waals surface area contributed by atoms with E-state index in [1.165, 1.54) is 50.3 Å². The highest BCUT2D eigenvalue weighted by Gasteiger charge is 2.53. The average Bonchev–Trinajstić information content (AvgIpc) is 2.98. The van der Waals surface area contributed by atoms with Crippen LogP contribution in [0.2, 0.25) is 0 Å². The van der Waals surface area contributed by atoms with E-state index in [9.17, 15) is 9.59 Å². The summed E-state index contributed by atoms with van der Waals surface area (Å²) < 4.78 is 0. The fraction of sp³-hybridized carbons (Fsp3) is 0.824. The standard InChI is InChI=1S/C17H25N3O2S/c1-10(19-14(21)15(22)20-16-18-2-3-23-16)17-7-11-4-12(8-17)6-13(5-11)9-17/h10-13H,2-9H2,1H3,(H,19,21)(H,18,20,22). The second-order valence-electron chi connectivity index (χ2n) is 7.96. The van der Waals surface area contributed by atoms with Gasteiger partial charge in [-0.05, 0) is 68.6 Å². The van der Waals surface area contributed by atoms with Crippen molar-refractivity contribution in [1.29, 1.82) is 0 Å². The normalized spacial score (nSPS) is 39.0. The highest BCUT2D eigenvalue weighted by Crippen LogP contribution is 2.61. The summed E-state index contributed by atoms with van der Waals surface area (Å²) in [6.07, 6.45) is 7.84. The Labute approximate surface area is 141 Å². The maximum Gasteiger partial charge on any atom is 0.315 e. The molecule has 2 N–H and O–H groups in total. The van der Waals surface area contributed by atoms with Crippen LogP contribution in [0, 0.1) is 23.2 Å². The van der Waals surface area contributed by atoms with Crippen LogP contribution < -0.4 is 10.6 Å². The van der Waals surface area contributed by atoms with Crippen LogP contribution in [0.4, 0.5) is 0 Å². The molecular weight excluding hydrogens is 310 g/mol. The van der Waals surface area contributed by atoms with Crippen LogP contribution in [0.25, 0.3) is 0 Å². The van der Waals surface area contributed by atoms with E-state index in [1.807, 2.05) is 0 Å². The van der Waals surface area contributed by atoms with E-state index in [1.54, 1.807) is 0 Å². The molecule has 0 saturated heterocycles. The van der Waals surface area contributed by atoms with Gasteiger partial charge in [0.25, 0.3) is 0 Å². The monoisotopic (exact) mass is 335 g/mol. The number of carbonyl (C=O) groups excluding carboxylic acids is 2. The number of hydrogen-bond donors (Lipinski definition) is 2. The number of carbonyl (C=O) groups is 2. The van der Waals surface area contributed by atoms with Crippen molar-refractivity contribution in [3.63, 3.8) is 0 Å². The molecule has 2 amide bonds. The van der Waals surface area contributed by atoms with Crippen LogP contribution >= 0.6 is 11.8 Å². The zero-order valence-corrected chi connectivity index (χ0v) is 14.5. The molecule has 23 heavy (non-hydrogen) atoms. The van der Waals surface area contributed by atoms with Crippen molar-refractivity contribution in [2.75, 3.05) is 12.3 Å². The number of nitrogens with zero attached hydrogens (tertiary/aromatic N) is 1. The Morgan fingerprint density at radius 2 is 1.74 bits per heavy atom. The molecule has 4 aliphatic carbocycles. The molecule has 1 heterocycles. The summed E-state index contributed by atoms with van der Waals surface area (Å²) in [6, 6.07) is 0.0762. The summed E-state index contributed by atoms with van der Waals surface area (Å²) in [5.41, 5.74) is 0.227. The zero-order valence-electron chi connectivity index (χ0n) is 13.6. The molecule has 4 bridgehead atoms. The van der Waals surface area contributed by atoms with E-state index in [0.717, 1.165) is 23.5 Å². The summed E-state index contributed by atoms with van der Waals surface area (Å²) in [4.78, 5) is 28.5. The fourth-order valence-electron chi connectivity index (χ4n) is 5.69. The number of nitrogens with one attached hydrogen (secondary N) is 2. The van der Waals surface area contributed by atoms with Gasteiger partial charge in [-0.3, -0.25) is 19.9 Å². The summed E-state index contributed by atoms with van der Waals surface area (Å²) in [5, 5.41) is 6.19. The predicted molar refractivity (Wildman–Crippen MR) is 91.1 cm³/mol. The molecular formula is C17H25N3O2S. The molecule has 126 valence electrons. The van der Waals surface area contributed by atoms with Gasteiger partial charge in [-0.2, -0.15) is 0 Å². The van der Waals surface area contributed by atoms with Crippen molar-refractivity contribution in [2.45, 2.75) is 51.5 Å². The van der Waals surface area contributed by atoms with Crippen molar-refractivity contribution in [3.8, 4) is 0 Å². The molecule has 0 aromatic carbocycles. The van der Waals surface area contributed by atoms with Crippen LogP contribution in [-0.4, -0.2) is 35.3 Å². The molecule has 5 rings (SSSR count). The fourth-order valence-corrected chi connectivity index (χ4v) is 6.41. The van der Waals surface area contributed by atoms with Gasteiger partial charge in [0.1, 0.15) is 0 Å². The Balaban J connectivity index is 1.38. The summed E-state index contributed by atoms with van der Waals surface area (Å²) in [7, 11) is 0. The first-order chi connectivity index (χ1) is 11.0. The lowest BCUT2D eigenvalue weighted by Gasteiger charge is -2.59. The molecule has 6 heteroatoms. The molecule has 1 atom stereocenters. The lowest BCUT2D eigenvalue weighted by Crippen LogP contribution is -2.57. The summed E-state index contributed by atoms with van der Waals surface area (Å²) >= 11 is 1.49. The van der Waals surface area contributed by atoms with E-state index in [-0.39, 0.29) is 11.5 Å². The van der Waals surface area contributed by atoms with E-state index >= 15 is 0 Å². The zero-order chi connectivity index (χ0) is 16.0. The third kappa shape index (κ3) is 2.90. The average molecular weight is 335 g/mol. The molecule has 1 aliphatic heterocycles. The molecule has 1 unspecified atom stereocenters. The van der Waals surface area contributed by atoms with Gasteiger partial charge >= 0.3 is 11.8 Å². The number of hydrogen-bond acceptors (Lipinski definition) is 4. The van der Waals surface area contributed by atoms with Gasteiger partial charge in [0.15, 0.2) is 5.17 Å². The van der Waals surface area contributed by atoms with Gasteiger partial charge < -0.3 is 5.32 Å². The Morgan fingerprint density at radius 1 is 1.13 bits per heavy atom. The molecule has 0 aromatic rings. The molecule has 4 saturated carbocycles. The van der Waals surface area contributed by atoms with Crippen molar-refractivity contribution >= 4 is 28.7 Å². The smallest absolute Gasteiger partial charge is 0.315 e. The third-order valence-electron chi connectivity index (χ3n) is 6.36. The van der Waals surface area contributed by atoms with E-state index in [4.69, 9.17) is 0 Å². The maximum absolute atomic E-state index is 12.2. The van der Waals surface area contributed by atoms with Crippen molar-refractivity contribution in [3.05, 3.63) is 0 Å². The first-order valence-electron chi connectivity index (χ1n) is 8.83. The van der Waals surface area contributed by atoms with Gasteiger partial charge in [0.05, 0.1) is 6.54 Å². The Morgan fingerprint density at radius 3 is 2.26 bits per heavy atom. The van der Waals surface area contributed by atoms with Gasteiger partial charge in [0.2, 0.25) is 0 Å². The summed E-state index contributed by atoms with van der Waals surface area (Å²) in [5.74, 6) is 2.33. The largest absolute Gasteiger partial charge is 0.345 e. The van der Waals surface area contributed by atoms with Gasteiger partial charge in [-0.25, -0.2) is 0 Å². The van der Waals surface area contributed by atoms with E-state index < -0.39 is 11.8 Å². The van der Waals surface area contributed by atoms with Crippen LogP contribution in [0.5, 0.6) is 0 Å². The van der Waals surface area contributed by atoms with Gasteiger partial charge in [-0.15, -0.1) is 0 Å². The quantitative estimate of drug-likeness (QED) is 0.758. The maximum atomic E-state index is 12.2. The molecule has 4 fully saturated rings. The summed E-state index contributed by atoms with van der Waals surface area (Å²) in [6.45, 7) is 2.81. The van der Waals surface area contributed by atoms with Gasteiger partial charge in [0, 0.05) is 11.8 Å². The first-order valence-corrected chi connectivity index (χ1v) is 9.82. The van der Waals surface area contributed by atoms with Crippen LogP contribution in [-0.2, 0) is 9.59 Å². The minimum atomic E-state index is -0.574. The van der Waals surface area contributed by atoms with Gasteiger partial charge in [-0.1, -0.05) is 11.8 Å². The number of amidine groups is 1. The number of amides is 2. The lowest BCUT2D eigenvalue weighted by molar-refractivity contribution is -0.140. The molecule has 0 radical (unpaired) electrons. The highest BCUT2D eigenvalue weighted by atomic mass is 32.2. The number of thioether (sulfide) groups is 1. The number of rotatable bonds is 2. The first kappa shape index (κ1) is 15.5. The molecule has 0 spiro atoms. The topological polar surface area (TPSA) is 70.6 Å². The Bertz CT molecular complexity index is 525. The second kappa shape index (κ2) is 5.80. The number of aliphatic imine (C=N–C) groups is 1.